The zero-order valence-corrected chi connectivity index (χ0v) is 30.5. The van der Waals surface area contributed by atoms with Crippen LogP contribution in [-0.2, 0) is 24.2 Å². The summed E-state index contributed by atoms with van der Waals surface area (Å²) in [6.07, 6.45) is 2.87. The van der Waals surface area contributed by atoms with Crippen molar-refractivity contribution in [3.05, 3.63) is 126 Å². The quantitative estimate of drug-likeness (QED) is 0.0553. The predicted octanol–water partition coefficient (Wildman–Crippen LogP) is 10.7. The Hall–Kier alpha value is -4.04. The Morgan fingerprint density at radius 2 is 1.56 bits per heavy atom. The minimum atomic E-state index is -4.07. The van der Waals surface area contributed by atoms with E-state index >= 15 is 0 Å². The third-order valence-corrected chi connectivity index (χ3v) is 7.49. The summed E-state index contributed by atoms with van der Waals surface area (Å²) in [5.41, 5.74) is 7.47. The number of halogens is 3. The Balaban J connectivity index is 0.00000148. The summed E-state index contributed by atoms with van der Waals surface area (Å²) < 4.78 is 44.8. The normalized spacial score (nSPS) is 12.6. The van der Waals surface area contributed by atoms with Gasteiger partial charge in [-0.15, -0.1) is 6.58 Å². The zero-order chi connectivity index (χ0) is 36.5. The summed E-state index contributed by atoms with van der Waals surface area (Å²) in [5.74, 6) is 1.46. The molecule has 0 N–H and O–H groups in total. The standard InChI is InChI=1S/C36H51N3O2.C4H5F3/c1-12-16-27(5)29(7)37-39(25-32-19-17-31(13-2)18-20-32)34(14-3)26-38(11)24-33-21-22-35(28(6)23-33)41-36(9,10)30(8)40-15-4;1-2-3-4(5,6)7/h12,14,16-23H,1,8,13,15,24-26H2,2-7,9-11H3;2H,1,3H2/b27-16+,34-14-,37-29+;. The van der Waals surface area contributed by atoms with Crippen LogP contribution in [0.3, 0.4) is 0 Å². The number of aryl methyl sites for hydroxylation is 2. The Bertz CT molecular complexity index is 1420. The first-order chi connectivity index (χ1) is 22.5. The maximum atomic E-state index is 11.0. The van der Waals surface area contributed by atoms with E-state index in [0.29, 0.717) is 18.9 Å². The lowest BCUT2D eigenvalue weighted by Crippen LogP contribution is -2.32. The molecule has 8 heteroatoms. The average Bonchev–Trinajstić information content (AvgIpc) is 3.01. The summed E-state index contributed by atoms with van der Waals surface area (Å²) >= 11 is 0. The van der Waals surface area contributed by atoms with E-state index in [1.54, 1.807) is 6.08 Å². The van der Waals surface area contributed by atoms with Gasteiger partial charge in [0.05, 0.1) is 25.3 Å². The molecule has 0 atom stereocenters. The van der Waals surface area contributed by atoms with Gasteiger partial charge in [0, 0.05) is 18.8 Å². The van der Waals surface area contributed by atoms with E-state index in [4.69, 9.17) is 14.6 Å². The number of likely N-dealkylation sites (N-methyl/N-ethyl adjacent to an activating group) is 1. The van der Waals surface area contributed by atoms with E-state index in [1.807, 2.05) is 32.9 Å². The number of nitrogens with zero attached hydrogens (tertiary/aromatic N) is 3. The number of hydrazone groups is 1. The third kappa shape index (κ3) is 15.2. The Kier molecular flexibility index (Phi) is 17.8. The van der Waals surface area contributed by atoms with Gasteiger partial charge in [-0.2, -0.15) is 18.3 Å². The highest BCUT2D eigenvalue weighted by molar-refractivity contribution is 5.97. The minimum absolute atomic E-state index is 0.572. The highest BCUT2D eigenvalue weighted by atomic mass is 19.4. The van der Waals surface area contributed by atoms with Gasteiger partial charge >= 0.3 is 6.18 Å². The van der Waals surface area contributed by atoms with Gasteiger partial charge in [0.1, 0.15) is 11.5 Å². The van der Waals surface area contributed by atoms with E-state index in [2.05, 4.69) is 114 Å². The second-order valence-electron chi connectivity index (χ2n) is 12.1. The molecule has 264 valence electrons. The number of hydrogen-bond acceptors (Lipinski definition) is 5. The molecule has 0 heterocycles. The van der Waals surface area contributed by atoms with Crippen molar-refractivity contribution in [3.8, 4) is 5.75 Å². The molecule has 0 unspecified atom stereocenters. The number of alkyl halides is 3. The van der Waals surface area contributed by atoms with Gasteiger partial charge in [-0.05, 0) is 95.8 Å². The molecular weight excluding hydrogens is 611 g/mol. The number of rotatable bonds is 17. The molecule has 0 fully saturated rings. The highest BCUT2D eigenvalue weighted by Gasteiger charge is 2.26. The van der Waals surface area contributed by atoms with E-state index in [9.17, 15) is 13.2 Å². The maximum Gasteiger partial charge on any atom is 0.392 e. The molecular formula is C40H56F3N3O2. The molecule has 0 aliphatic rings. The van der Waals surface area contributed by atoms with Crippen LogP contribution in [0.2, 0.25) is 0 Å². The van der Waals surface area contributed by atoms with Crippen molar-refractivity contribution in [2.75, 3.05) is 20.2 Å². The van der Waals surface area contributed by atoms with E-state index in [-0.39, 0.29) is 0 Å². The largest absolute Gasteiger partial charge is 0.495 e. The van der Waals surface area contributed by atoms with Crippen LogP contribution in [0.5, 0.6) is 5.75 Å². The van der Waals surface area contributed by atoms with Crippen LogP contribution in [0.4, 0.5) is 13.2 Å². The Morgan fingerprint density at radius 3 is 2.04 bits per heavy atom. The fourth-order valence-electron chi connectivity index (χ4n) is 4.55. The van der Waals surface area contributed by atoms with Crippen LogP contribution in [0, 0.1) is 6.92 Å². The van der Waals surface area contributed by atoms with Crippen LogP contribution in [-0.4, -0.2) is 47.6 Å². The monoisotopic (exact) mass is 667 g/mol. The maximum absolute atomic E-state index is 11.0. The summed E-state index contributed by atoms with van der Waals surface area (Å²) in [6.45, 7) is 30.0. The van der Waals surface area contributed by atoms with Crippen LogP contribution in [0.25, 0.3) is 0 Å². The third-order valence-electron chi connectivity index (χ3n) is 7.49. The van der Waals surface area contributed by atoms with Crippen molar-refractivity contribution in [3.63, 3.8) is 0 Å². The molecule has 2 aromatic carbocycles. The van der Waals surface area contributed by atoms with Crippen molar-refractivity contribution in [1.82, 2.24) is 9.91 Å². The smallest absolute Gasteiger partial charge is 0.392 e. The molecule has 0 aliphatic heterocycles. The molecule has 0 radical (unpaired) electrons. The first-order valence-corrected chi connectivity index (χ1v) is 16.3. The molecule has 0 aromatic heterocycles. The molecule has 2 aromatic rings. The summed E-state index contributed by atoms with van der Waals surface area (Å²) in [5, 5.41) is 7.18. The lowest BCUT2D eigenvalue weighted by molar-refractivity contribution is -0.124. The predicted molar refractivity (Wildman–Crippen MR) is 196 cm³/mol. The molecule has 0 aliphatic carbocycles. The highest BCUT2D eigenvalue weighted by Crippen LogP contribution is 2.28. The molecule has 0 spiro atoms. The molecule has 0 saturated heterocycles. The number of ether oxygens (including phenoxy) is 2. The first-order valence-electron chi connectivity index (χ1n) is 16.3. The van der Waals surface area contributed by atoms with Crippen LogP contribution in [0.15, 0.2) is 109 Å². The Morgan fingerprint density at radius 1 is 0.958 bits per heavy atom. The van der Waals surface area contributed by atoms with Crippen molar-refractivity contribution in [2.24, 2.45) is 5.10 Å². The lowest BCUT2D eigenvalue weighted by Gasteiger charge is -2.29. The van der Waals surface area contributed by atoms with Crippen LogP contribution >= 0.6 is 0 Å². The topological polar surface area (TPSA) is 37.3 Å². The second-order valence-corrected chi connectivity index (χ2v) is 12.1. The van der Waals surface area contributed by atoms with Gasteiger partial charge in [0.25, 0.3) is 0 Å². The second kappa shape index (κ2) is 20.4. The molecule has 0 amide bonds. The molecule has 0 bridgehead atoms. The van der Waals surface area contributed by atoms with Gasteiger partial charge in [-0.3, -0.25) is 9.91 Å². The molecule has 48 heavy (non-hydrogen) atoms. The van der Waals surface area contributed by atoms with Gasteiger partial charge < -0.3 is 9.47 Å². The molecule has 2 rings (SSSR count). The lowest BCUT2D eigenvalue weighted by atomic mass is 10.1. The number of benzene rings is 2. The minimum Gasteiger partial charge on any atom is -0.495 e. The SMILES string of the molecule is C=C/C=C(C)/C(C)=N/N(Cc1ccc(CC)cc1)/C(=C\C)CN(C)Cc1ccc(OC(C)(C)C(=C)OCC)c(C)c1.C=CCC(F)(F)F. The van der Waals surface area contributed by atoms with Crippen molar-refractivity contribution >= 4 is 5.71 Å². The summed E-state index contributed by atoms with van der Waals surface area (Å²) in [4.78, 5) is 2.32. The van der Waals surface area contributed by atoms with Crippen molar-refractivity contribution in [2.45, 2.75) is 93.1 Å². The van der Waals surface area contributed by atoms with Gasteiger partial charge in [-0.25, -0.2) is 0 Å². The fraction of sp³-hybridized carbons (Fsp3) is 0.425. The number of allylic oxidation sites excluding steroid dienone is 5. The van der Waals surface area contributed by atoms with Gasteiger partial charge in [0.2, 0.25) is 0 Å². The van der Waals surface area contributed by atoms with E-state index in [1.165, 1.54) is 16.7 Å². The fourth-order valence-corrected chi connectivity index (χ4v) is 4.55. The van der Waals surface area contributed by atoms with Gasteiger partial charge in [0.15, 0.2) is 5.60 Å². The summed E-state index contributed by atoms with van der Waals surface area (Å²) in [6, 6.07) is 15.2. The van der Waals surface area contributed by atoms with E-state index < -0.39 is 18.2 Å². The van der Waals surface area contributed by atoms with Crippen molar-refractivity contribution in [1.29, 1.82) is 0 Å². The van der Waals surface area contributed by atoms with Gasteiger partial charge in [-0.1, -0.05) is 80.8 Å². The molecule has 0 saturated carbocycles. The zero-order valence-electron chi connectivity index (χ0n) is 30.5. The molecule has 5 nitrogen and oxygen atoms in total. The van der Waals surface area contributed by atoms with Crippen LogP contribution in [0.1, 0.15) is 77.1 Å². The number of hydrogen-bond donors (Lipinski definition) is 0. The Labute approximate surface area is 287 Å². The van der Waals surface area contributed by atoms with Crippen LogP contribution < -0.4 is 4.74 Å². The van der Waals surface area contributed by atoms with Crippen molar-refractivity contribution < 1.29 is 22.6 Å². The van der Waals surface area contributed by atoms with E-state index in [0.717, 1.165) is 53.9 Å². The average molecular weight is 668 g/mol. The first kappa shape index (κ1) is 42.0. The summed E-state index contributed by atoms with van der Waals surface area (Å²) in [7, 11) is 2.14.